The molecule has 0 unspecified atom stereocenters. The molecule has 30 heavy (non-hydrogen) atoms. The summed E-state index contributed by atoms with van der Waals surface area (Å²) in [5.74, 6) is 1.64. The van der Waals surface area contributed by atoms with Gasteiger partial charge in [0.25, 0.3) is 5.91 Å². The molecule has 1 N–H and O–H groups in total. The number of ether oxygens (including phenoxy) is 1. The number of anilines is 1. The monoisotopic (exact) mass is 401 g/mol. The van der Waals surface area contributed by atoms with Crippen molar-refractivity contribution in [2.75, 3.05) is 5.32 Å². The lowest BCUT2D eigenvalue weighted by atomic mass is 10.2. The molecule has 3 aromatic heterocycles. The lowest BCUT2D eigenvalue weighted by Crippen LogP contribution is -2.13. The first kappa shape index (κ1) is 19.2. The second kappa shape index (κ2) is 8.48. The van der Waals surface area contributed by atoms with Crippen LogP contribution in [-0.4, -0.2) is 35.6 Å². The number of rotatable bonds is 6. The van der Waals surface area contributed by atoms with Gasteiger partial charge in [-0.2, -0.15) is 0 Å². The van der Waals surface area contributed by atoms with Gasteiger partial charge in [0, 0.05) is 23.9 Å². The first-order valence-electron chi connectivity index (χ1n) is 9.32. The predicted octanol–water partition coefficient (Wildman–Crippen LogP) is 3.76. The van der Waals surface area contributed by atoms with E-state index in [4.69, 9.17) is 4.74 Å². The average Bonchev–Trinajstić information content (AvgIpc) is 3.25. The molecule has 1 aromatic carbocycles. The molecule has 0 aliphatic carbocycles. The first-order valence-corrected chi connectivity index (χ1v) is 9.32. The number of nitrogens with zero attached hydrogens (tertiary/aromatic N) is 6. The number of aromatic nitrogens is 6. The van der Waals surface area contributed by atoms with Crippen LogP contribution in [0, 0.1) is 0 Å². The first-order chi connectivity index (χ1) is 14.6. The van der Waals surface area contributed by atoms with E-state index in [0.29, 0.717) is 34.5 Å². The van der Waals surface area contributed by atoms with E-state index in [9.17, 15) is 4.79 Å². The van der Waals surface area contributed by atoms with Crippen LogP contribution in [0.1, 0.15) is 30.2 Å². The van der Waals surface area contributed by atoms with Crippen LogP contribution in [0.4, 0.5) is 5.82 Å². The summed E-state index contributed by atoms with van der Waals surface area (Å²) in [6, 6.07) is 14.0. The molecule has 9 nitrogen and oxygen atoms in total. The molecule has 0 radical (unpaired) electrons. The summed E-state index contributed by atoms with van der Waals surface area (Å²) in [6.07, 6.45) is 4.64. The number of carbonyl (C=O) groups excluding carboxylic acids is 1. The highest BCUT2D eigenvalue weighted by Gasteiger charge is 2.13. The van der Waals surface area contributed by atoms with E-state index in [-0.39, 0.29) is 11.9 Å². The molecule has 1 amide bonds. The molecule has 0 aliphatic rings. The molecule has 0 saturated carbocycles. The van der Waals surface area contributed by atoms with E-state index in [2.05, 4.69) is 30.5 Å². The van der Waals surface area contributed by atoms with Gasteiger partial charge in [0.2, 0.25) is 5.88 Å². The minimum absolute atomic E-state index is 0.188. The van der Waals surface area contributed by atoms with Crippen LogP contribution in [0.3, 0.4) is 0 Å². The molecular formula is C21H19N7O2. The zero-order chi connectivity index (χ0) is 20.9. The van der Waals surface area contributed by atoms with Crippen molar-refractivity contribution in [2.45, 2.75) is 19.9 Å². The van der Waals surface area contributed by atoms with Gasteiger partial charge in [0.15, 0.2) is 5.82 Å². The topological polar surface area (TPSA) is 108 Å². The Hall–Kier alpha value is -4.14. The number of carbonyl (C=O) groups is 1. The number of pyridine rings is 1. The SMILES string of the molecule is CC(C)n1cnnc1-c1cccc(NC(=O)c2cccc(Oc3ccncn3)c2)n1. The fourth-order valence-corrected chi connectivity index (χ4v) is 2.78. The molecule has 3 heterocycles. The van der Waals surface area contributed by atoms with Crippen LogP contribution < -0.4 is 10.1 Å². The number of hydrogen-bond acceptors (Lipinski definition) is 7. The third kappa shape index (κ3) is 4.30. The summed E-state index contributed by atoms with van der Waals surface area (Å²) < 4.78 is 7.58. The fourth-order valence-electron chi connectivity index (χ4n) is 2.78. The van der Waals surface area contributed by atoms with Crippen LogP contribution in [0.5, 0.6) is 11.6 Å². The van der Waals surface area contributed by atoms with Crippen LogP contribution >= 0.6 is 0 Å². The van der Waals surface area contributed by atoms with E-state index in [1.807, 2.05) is 30.5 Å². The zero-order valence-corrected chi connectivity index (χ0v) is 16.4. The molecular weight excluding hydrogens is 382 g/mol. The van der Waals surface area contributed by atoms with E-state index in [0.717, 1.165) is 0 Å². The summed E-state index contributed by atoms with van der Waals surface area (Å²) >= 11 is 0. The minimum atomic E-state index is -0.307. The summed E-state index contributed by atoms with van der Waals surface area (Å²) in [7, 11) is 0. The van der Waals surface area contributed by atoms with E-state index >= 15 is 0 Å². The second-order valence-corrected chi connectivity index (χ2v) is 6.70. The highest BCUT2D eigenvalue weighted by Crippen LogP contribution is 2.22. The van der Waals surface area contributed by atoms with Crippen molar-refractivity contribution in [1.29, 1.82) is 0 Å². The summed E-state index contributed by atoms with van der Waals surface area (Å²) in [6.45, 7) is 4.07. The van der Waals surface area contributed by atoms with Crippen molar-refractivity contribution in [3.63, 3.8) is 0 Å². The Bertz CT molecular complexity index is 1160. The van der Waals surface area contributed by atoms with Gasteiger partial charge in [-0.1, -0.05) is 12.1 Å². The van der Waals surface area contributed by atoms with Crippen molar-refractivity contribution in [3.05, 3.63) is 72.9 Å². The Morgan fingerprint density at radius 3 is 2.80 bits per heavy atom. The Kier molecular flexibility index (Phi) is 5.42. The number of hydrogen-bond donors (Lipinski definition) is 1. The van der Waals surface area contributed by atoms with Crippen LogP contribution in [0.25, 0.3) is 11.5 Å². The lowest BCUT2D eigenvalue weighted by molar-refractivity contribution is 0.102. The van der Waals surface area contributed by atoms with Gasteiger partial charge in [-0.05, 0) is 44.2 Å². The van der Waals surface area contributed by atoms with Gasteiger partial charge in [-0.3, -0.25) is 4.79 Å². The van der Waals surface area contributed by atoms with Crippen molar-refractivity contribution in [3.8, 4) is 23.1 Å². The van der Waals surface area contributed by atoms with Crippen molar-refractivity contribution >= 4 is 11.7 Å². The quantitative estimate of drug-likeness (QED) is 0.524. The molecule has 4 aromatic rings. The number of benzene rings is 1. The van der Waals surface area contributed by atoms with Gasteiger partial charge in [0.1, 0.15) is 29.9 Å². The van der Waals surface area contributed by atoms with Crippen molar-refractivity contribution in [2.24, 2.45) is 0 Å². The maximum atomic E-state index is 12.7. The molecule has 4 rings (SSSR count). The van der Waals surface area contributed by atoms with Crippen molar-refractivity contribution in [1.82, 2.24) is 29.7 Å². The van der Waals surface area contributed by atoms with Gasteiger partial charge in [-0.15, -0.1) is 10.2 Å². The number of amides is 1. The largest absolute Gasteiger partial charge is 0.439 e. The fraction of sp³-hybridized carbons (Fsp3) is 0.143. The summed E-state index contributed by atoms with van der Waals surface area (Å²) in [5, 5.41) is 10.9. The van der Waals surface area contributed by atoms with Crippen LogP contribution in [0.15, 0.2) is 67.4 Å². The van der Waals surface area contributed by atoms with Gasteiger partial charge < -0.3 is 14.6 Å². The summed E-state index contributed by atoms with van der Waals surface area (Å²) in [4.78, 5) is 25.1. The molecule has 0 bridgehead atoms. The molecule has 0 aliphatic heterocycles. The van der Waals surface area contributed by atoms with Crippen LogP contribution in [-0.2, 0) is 0 Å². The Morgan fingerprint density at radius 2 is 2.00 bits per heavy atom. The molecule has 0 atom stereocenters. The van der Waals surface area contributed by atoms with Gasteiger partial charge in [0.05, 0.1) is 0 Å². The third-order valence-corrected chi connectivity index (χ3v) is 4.22. The Morgan fingerprint density at radius 1 is 1.13 bits per heavy atom. The molecule has 0 saturated heterocycles. The second-order valence-electron chi connectivity index (χ2n) is 6.70. The smallest absolute Gasteiger partial charge is 0.256 e. The highest BCUT2D eigenvalue weighted by molar-refractivity contribution is 6.04. The maximum absolute atomic E-state index is 12.7. The minimum Gasteiger partial charge on any atom is -0.439 e. The molecule has 0 fully saturated rings. The zero-order valence-electron chi connectivity index (χ0n) is 16.4. The van der Waals surface area contributed by atoms with E-state index in [1.165, 1.54) is 6.33 Å². The normalized spacial score (nSPS) is 10.8. The molecule has 150 valence electrons. The van der Waals surface area contributed by atoms with Crippen molar-refractivity contribution < 1.29 is 9.53 Å². The number of nitrogens with one attached hydrogen (secondary N) is 1. The Balaban J connectivity index is 1.52. The summed E-state index contributed by atoms with van der Waals surface area (Å²) in [5.41, 5.74) is 1.05. The van der Waals surface area contributed by atoms with Crippen LogP contribution in [0.2, 0.25) is 0 Å². The van der Waals surface area contributed by atoms with Gasteiger partial charge in [-0.25, -0.2) is 15.0 Å². The third-order valence-electron chi connectivity index (χ3n) is 4.22. The van der Waals surface area contributed by atoms with Gasteiger partial charge >= 0.3 is 0 Å². The lowest BCUT2D eigenvalue weighted by Gasteiger charge is -2.11. The van der Waals surface area contributed by atoms with E-state index < -0.39 is 0 Å². The molecule has 9 heteroatoms. The average molecular weight is 401 g/mol. The Labute approximate surface area is 172 Å². The highest BCUT2D eigenvalue weighted by atomic mass is 16.5. The predicted molar refractivity (Wildman–Crippen MR) is 110 cm³/mol. The standard InChI is InChI=1S/C21H19N7O2/c1-14(2)28-13-24-27-20(28)17-7-4-8-18(25-17)26-21(29)15-5-3-6-16(11-15)30-19-9-10-22-12-23-19/h3-14H,1-2H3,(H,25,26,29). The van der Waals surface area contributed by atoms with E-state index in [1.54, 1.807) is 48.9 Å². The molecule has 0 spiro atoms. The maximum Gasteiger partial charge on any atom is 0.256 e.